The zero-order valence-electron chi connectivity index (χ0n) is 8.69. The van der Waals surface area contributed by atoms with E-state index in [4.69, 9.17) is 22.7 Å². The van der Waals surface area contributed by atoms with Crippen LogP contribution in [0.15, 0.2) is 18.2 Å². The number of hydrogen-bond donors (Lipinski definition) is 1. The molecule has 0 aromatic heterocycles. The summed E-state index contributed by atoms with van der Waals surface area (Å²) in [5.41, 5.74) is 7.78. The monoisotopic (exact) mass is 222 g/mol. The summed E-state index contributed by atoms with van der Waals surface area (Å²) in [6, 6.07) is 6.09. The normalized spacial score (nSPS) is 14.3. The largest absolute Gasteiger partial charge is 0.490 e. The summed E-state index contributed by atoms with van der Waals surface area (Å²) in [7, 11) is 2.06. The van der Waals surface area contributed by atoms with Crippen LogP contribution in [0.2, 0.25) is 0 Å². The molecule has 0 unspecified atom stereocenters. The molecule has 0 saturated carbocycles. The van der Waals surface area contributed by atoms with Crippen LogP contribution in [0, 0.1) is 0 Å². The molecule has 0 amide bonds. The molecule has 0 aliphatic carbocycles. The lowest BCUT2D eigenvalue weighted by Gasteiger charge is -2.28. The minimum Gasteiger partial charge on any atom is -0.490 e. The highest BCUT2D eigenvalue weighted by molar-refractivity contribution is 7.80. The molecule has 0 fully saturated rings. The third-order valence-electron chi connectivity index (χ3n) is 2.50. The lowest BCUT2D eigenvalue weighted by Crippen LogP contribution is -2.28. The molecular formula is C11H14N2OS. The highest BCUT2D eigenvalue weighted by atomic mass is 32.1. The van der Waals surface area contributed by atoms with Crippen LogP contribution in [-0.4, -0.2) is 25.2 Å². The van der Waals surface area contributed by atoms with Gasteiger partial charge in [0.25, 0.3) is 0 Å². The molecule has 4 heteroatoms. The fraction of sp³-hybridized carbons (Fsp3) is 0.364. The van der Waals surface area contributed by atoms with Crippen LogP contribution in [0.25, 0.3) is 0 Å². The molecule has 1 aliphatic rings. The van der Waals surface area contributed by atoms with Gasteiger partial charge in [0.15, 0.2) is 0 Å². The van der Waals surface area contributed by atoms with E-state index in [0.717, 1.165) is 30.2 Å². The predicted octanol–water partition coefficient (Wildman–Crippen LogP) is 1.34. The molecule has 3 nitrogen and oxygen atoms in total. The number of nitrogens with zero attached hydrogens (tertiary/aromatic N) is 1. The van der Waals surface area contributed by atoms with Gasteiger partial charge < -0.3 is 15.4 Å². The summed E-state index contributed by atoms with van der Waals surface area (Å²) in [5.74, 6) is 0.940. The van der Waals surface area contributed by atoms with Crippen LogP contribution in [0.5, 0.6) is 5.75 Å². The minimum atomic E-state index is 0.523. The Balaban J connectivity index is 2.31. The molecule has 2 rings (SSSR count). The molecule has 0 radical (unpaired) electrons. The zero-order valence-corrected chi connectivity index (χ0v) is 9.51. The maximum Gasteiger partial charge on any atom is 0.142 e. The number of anilines is 1. The Hall–Kier alpha value is -1.29. The summed E-state index contributed by atoms with van der Waals surface area (Å²) in [5, 5.41) is 0. The van der Waals surface area contributed by atoms with E-state index in [0.29, 0.717) is 11.4 Å². The molecule has 0 saturated heterocycles. The second kappa shape index (κ2) is 4.06. The van der Waals surface area contributed by atoms with Gasteiger partial charge in [-0.2, -0.15) is 0 Å². The van der Waals surface area contributed by atoms with E-state index in [-0.39, 0.29) is 0 Å². The van der Waals surface area contributed by atoms with Gasteiger partial charge in [-0.15, -0.1) is 0 Å². The Morgan fingerprint density at radius 1 is 1.60 bits per heavy atom. The molecule has 1 aromatic carbocycles. The molecule has 0 atom stereocenters. The van der Waals surface area contributed by atoms with E-state index < -0.39 is 0 Å². The summed E-state index contributed by atoms with van der Waals surface area (Å²) < 4.78 is 5.55. The van der Waals surface area contributed by atoms with Crippen LogP contribution in [0.4, 0.5) is 5.69 Å². The summed E-state index contributed by atoms with van der Waals surface area (Å²) in [4.78, 5) is 2.70. The zero-order chi connectivity index (χ0) is 10.8. The standard InChI is InChI=1S/C11H14N2OS/c1-13-4-5-14-10-3-2-8(6-9(10)13)7-11(12)15/h2-3,6H,4-5,7H2,1H3,(H2,12,15). The van der Waals surface area contributed by atoms with E-state index in [1.165, 1.54) is 0 Å². The fourth-order valence-corrected chi connectivity index (χ4v) is 1.87. The second-order valence-corrected chi connectivity index (χ2v) is 4.24. The second-order valence-electron chi connectivity index (χ2n) is 3.72. The molecule has 80 valence electrons. The Kier molecular flexibility index (Phi) is 2.77. The van der Waals surface area contributed by atoms with E-state index >= 15 is 0 Å². The van der Waals surface area contributed by atoms with Crippen molar-refractivity contribution >= 4 is 22.9 Å². The van der Waals surface area contributed by atoms with E-state index in [2.05, 4.69) is 18.0 Å². The summed E-state index contributed by atoms with van der Waals surface area (Å²) >= 11 is 4.89. The summed E-state index contributed by atoms with van der Waals surface area (Å²) in [6.07, 6.45) is 0.649. The minimum absolute atomic E-state index is 0.523. The topological polar surface area (TPSA) is 38.5 Å². The number of likely N-dealkylation sites (N-methyl/N-ethyl adjacent to an activating group) is 1. The van der Waals surface area contributed by atoms with E-state index in [9.17, 15) is 0 Å². The average Bonchev–Trinajstić information content (AvgIpc) is 2.18. The highest BCUT2D eigenvalue weighted by Crippen LogP contribution is 2.31. The SMILES string of the molecule is CN1CCOc2ccc(CC(N)=S)cc21. The van der Waals surface area contributed by atoms with Crippen molar-refractivity contribution in [2.45, 2.75) is 6.42 Å². The van der Waals surface area contributed by atoms with Crippen molar-refractivity contribution in [2.75, 3.05) is 25.1 Å². The number of nitrogens with two attached hydrogens (primary N) is 1. The lowest BCUT2D eigenvalue weighted by atomic mass is 10.1. The van der Waals surface area contributed by atoms with Gasteiger partial charge in [0.05, 0.1) is 17.2 Å². The molecule has 15 heavy (non-hydrogen) atoms. The molecule has 2 N–H and O–H groups in total. The van der Waals surface area contributed by atoms with Gasteiger partial charge in [0.2, 0.25) is 0 Å². The number of hydrogen-bond acceptors (Lipinski definition) is 3. The average molecular weight is 222 g/mol. The van der Waals surface area contributed by atoms with Crippen molar-refractivity contribution in [2.24, 2.45) is 5.73 Å². The van der Waals surface area contributed by atoms with Gasteiger partial charge in [-0.25, -0.2) is 0 Å². The molecule has 0 bridgehead atoms. The first-order valence-corrected chi connectivity index (χ1v) is 5.33. The smallest absolute Gasteiger partial charge is 0.142 e. The number of benzene rings is 1. The third kappa shape index (κ3) is 2.21. The number of fused-ring (bicyclic) bond motifs is 1. The first-order valence-electron chi connectivity index (χ1n) is 4.92. The summed E-state index contributed by atoms with van der Waals surface area (Å²) in [6.45, 7) is 1.67. The Morgan fingerprint density at radius 2 is 2.40 bits per heavy atom. The van der Waals surface area contributed by atoms with Crippen molar-refractivity contribution in [1.82, 2.24) is 0 Å². The Morgan fingerprint density at radius 3 is 3.13 bits per heavy atom. The van der Waals surface area contributed by atoms with Crippen molar-refractivity contribution in [3.8, 4) is 5.75 Å². The molecule has 1 aliphatic heterocycles. The van der Waals surface area contributed by atoms with Crippen LogP contribution in [0.1, 0.15) is 5.56 Å². The van der Waals surface area contributed by atoms with Crippen molar-refractivity contribution in [1.29, 1.82) is 0 Å². The van der Waals surface area contributed by atoms with Gasteiger partial charge >= 0.3 is 0 Å². The lowest BCUT2D eigenvalue weighted by molar-refractivity contribution is 0.311. The van der Waals surface area contributed by atoms with E-state index in [1.54, 1.807) is 0 Å². The van der Waals surface area contributed by atoms with E-state index in [1.807, 2.05) is 12.1 Å². The first-order chi connectivity index (χ1) is 7.16. The third-order valence-corrected chi connectivity index (χ3v) is 2.64. The van der Waals surface area contributed by atoms with Gasteiger partial charge in [0.1, 0.15) is 12.4 Å². The Labute approximate surface area is 94.8 Å². The van der Waals surface area contributed by atoms with Crippen molar-refractivity contribution in [3.05, 3.63) is 23.8 Å². The van der Waals surface area contributed by atoms with Gasteiger partial charge in [0, 0.05) is 13.5 Å². The van der Waals surface area contributed by atoms with Crippen molar-refractivity contribution in [3.63, 3.8) is 0 Å². The van der Waals surface area contributed by atoms with Crippen molar-refractivity contribution < 1.29 is 4.74 Å². The quantitative estimate of drug-likeness (QED) is 0.766. The fourth-order valence-electron chi connectivity index (χ4n) is 1.71. The van der Waals surface area contributed by atoms with Gasteiger partial charge in [-0.3, -0.25) is 0 Å². The molecular weight excluding hydrogens is 208 g/mol. The molecule has 1 heterocycles. The van der Waals surface area contributed by atoms with Crippen LogP contribution in [-0.2, 0) is 6.42 Å². The maximum absolute atomic E-state index is 5.55. The molecule has 0 spiro atoms. The number of ether oxygens (including phenoxy) is 1. The number of thiocarbonyl (C=S) groups is 1. The molecule has 1 aromatic rings. The Bertz CT molecular complexity index is 392. The van der Waals surface area contributed by atoms with Gasteiger partial charge in [-0.05, 0) is 17.7 Å². The number of rotatable bonds is 2. The highest BCUT2D eigenvalue weighted by Gasteiger charge is 2.14. The van der Waals surface area contributed by atoms with Crippen LogP contribution < -0.4 is 15.4 Å². The maximum atomic E-state index is 5.55. The van der Waals surface area contributed by atoms with Crippen LogP contribution in [0.3, 0.4) is 0 Å². The van der Waals surface area contributed by atoms with Crippen LogP contribution >= 0.6 is 12.2 Å². The predicted molar refractivity (Wildman–Crippen MR) is 65.7 cm³/mol. The first kappa shape index (κ1) is 10.2. The van der Waals surface area contributed by atoms with Gasteiger partial charge in [-0.1, -0.05) is 18.3 Å².